The summed E-state index contributed by atoms with van der Waals surface area (Å²) in [6.45, 7) is 0. The number of amides is 1. The number of methoxy groups -OCH3 is 1. The van der Waals surface area contributed by atoms with Gasteiger partial charge < -0.3 is 10.1 Å². The molecule has 0 aliphatic heterocycles. The van der Waals surface area contributed by atoms with E-state index in [0.717, 1.165) is 0 Å². The van der Waals surface area contributed by atoms with Gasteiger partial charge in [0.1, 0.15) is 5.75 Å². The lowest BCUT2D eigenvalue weighted by molar-refractivity contribution is 0.102. The molecule has 3 aromatic rings. The highest BCUT2D eigenvalue weighted by molar-refractivity contribution is 6.03. The number of rotatable bonds is 3. The Bertz CT molecular complexity index is 733. The van der Waals surface area contributed by atoms with E-state index in [1.54, 1.807) is 54.4 Å². The normalized spacial score (nSPS) is 10.4. The third-order valence-electron chi connectivity index (χ3n) is 2.80. The zero-order valence-corrected chi connectivity index (χ0v) is 10.8. The predicted molar refractivity (Wildman–Crippen MR) is 73.9 cm³/mol. The highest BCUT2D eigenvalue weighted by Crippen LogP contribution is 2.17. The molecule has 1 N–H and O–H groups in total. The second-order valence-electron chi connectivity index (χ2n) is 4.14. The Kier molecular flexibility index (Phi) is 3.04. The zero-order chi connectivity index (χ0) is 13.9. The number of carbonyl (C=O) groups is 1. The lowest BCUT2D eigenvalue weighted by Crippen LogP contribution is -2.12. The van der Waals surface area contributed by atoms with Crippen molar-refractivity contribution in [3.63, 3.8) is 0 Å². The van der Waals surface area contributed by atoms with Crippen molar-refractivity contribution in [2.24, 2.45) is 0 Å². The van der Waals surface area contributed by atoms with Gasteiger partial charge in [-0.1, -0.05) is 6.07 Å². The number of benzene rings is 1. The molecule has 6 nitrogen and oxygen atoms in total. The molecule has 0 fully saturated rings. The molecule has 0 unspecified atom stereocenters. The highest BCUT2D eigenvalue weighted by Gasteiger charge is 2.11. The number of ether oxygens (including phenoxy) is 1. The van der Waals surface area contributed by atoms with Crippen LogP contribution in [0.3, 0.4) is 0 Å². The Hall–Kier alpha value is -2.89. The average Bonchev–Trinajstić information content (AvgIpc) is 2.91. The second kappa shape index (κ2) is 5.00. The number of aromatic nitrogens is 3. The fourth-order valence-electron chi connectivity index (χ4n) is 1.84. The van der Waals surface area contributed by atoms with E-state index in [2.05, 4.69) is 15.4 Å². The molecule has 0 radical (unpaired) electrons. The maximum Gasteiger partial charge on any atom is 0.276 e. The van der Waals surface area contributed by atoms with Gasteiger partial charge in [-0.3, -0.25) is 4.79 Å². The minimum absolute atomic E-state index is 0.288. The van der Waals surface area contributed by atoms with Crippen molar-refractivity contribution in [1.82, 2.24) is 14.6 Å². The molecule has 0 atom stereocenters. The maximum atomic E-state index is 12.1. The summed E-state index contributed by atoms with van der Waals surface area (Å²) in [7, 11) is 1.58. The molecule has 100 valence electrons. The van der Waals surface area contributed by atoms with Gasteiger partial charge in [0.15, 0.2) is 11.3 Å². The fourth-order valence-corrected chi connectivity index (χ4v) is 1.84. The minimum Gasteiger partial charge on any atom is -0.497 e. The first-order chi connectivity index (χ1) is 9.76. The van der Waals surface area contributed by atoms with Gasteiger partial charge >= 0.3 is 0 Å². The maximum absolute atomic E-state index is 12.1. The number of carbonyl (C=O) groups excluding carboxylic acids is 1. The smallest absolute Gasteiger partial charge is 0.276 e. The van der Waals surface area contributed by atoms with Gasteiger partial charge in [0.2, 0.25) is 0 Å². The molecule has 0 aliphatic rings. The van der Waals surface area contributed by atoms with Crippen molar-refractivity contribution in [2.45, 2.75) is 0 Å². The largest absolute Gasteiger partial charge is 0.497 e. The first-order valence-corrected chi connectivity index (χ1v) is 6.02. The third-order valence-corrected chi connectivity index (χ3v) is 2.80. The topological polar surface area (TPSA) is 68.5 Å². The molecule has 1 aromatic carbocycles. The van der Waals surface area contributed by atoms with E-state index < -0.39 is 0 Å². The summed E-state index contributed by atoms with van der Waals surface area (Å²) in [6, 6.07) is 10.5. The summed E-state index contributed by atoms with van der Waals surface area (Å²) in [6.07, 6.45) is 3.39. The third kappa shape index (κ3) is 2.31. The van der Waals surface area contributed by atoms with E-state index in [-0.39, 0.29) is 5.91 Å². The first-order valence-electron chi connectivity index (χ1n) is 6.02. The average molecular weight is 268 g/mol. The van der Waals surface area contributed by atoms with Crippen molar-refractivity contribution in [1.29, 1.82) is 0 Å². The Morgan fingerprint density at radius 2 is 2.20 bits per heavy atom. The highest BCUT2D eigenvalue weighted by atomic mass is 16.5. The Morgan fingerprint density at radius 1 is 1.30 bits per heavy atom. The molecule has 0 saturated carbocycles. The van der Waals surface area contributed by atoms with Gasteiger partial charge in [-0.25, -0.2) is 9.50 Å². The van der Waals surface area contributed by atoms with Gasteiger partial charge in [0.05, 0.1) is 7.11 Å². The van der Waals surface area contributed by atoms with Gasteiger partial charge in [-0.15, -0.1) is 0 Å². The molecule has 0 aliphatic carbocycles. The van der Waals surface area contributed by atoms with E-state index in [1.165, 1.54) is 0 Å². The van der Waals surface area contributed by atoms with Crippen LogP contribution < -0.4 is 10.1 Å². The van der Waals surface area contributed by atoms with Crippen molar-refractivity contribution < 1.29 is 9.53 Å². The molecule has 0 bridgehead atoms. The van der Waals surface area contributed by atoms with Gasteiger partial charge in [0, 0.05) is 30.2 Å². The van der Waals surface area contributed by atoms with Crippen molar-refractivity contribution >= 4 is 17.2 Å². The van der Waals surface area contributed by atoms with Crippen LogP contribution in [0.5, 0.6) is 5.75 Å². The van der Waals surface area contributed by atoms with Gasteiger partial charge in [-0.2, -0.15) is 5.10 Å². The summed E-state index contributed by atoms with van der Waals surface area (Å²) in [5, 5.41) is 6.93. The van der Waals surface area contributed by atoms with Crippen LogP contribution in [0.1, 0.15) is 10.5 Å². The van der Waals surface area contributed by atoms with Crippen molar-refractivity contribution in [3.8, 4) is 5.75 Å². The molecule has 20 heavy (non-hydrogen) atoms. The lowest BCUT2D eigenvalue weighted by atomic mass is 10.3. The van der Waals surface area contributed by atoms with Crippen LogP contribution in [-0.2, 0) is 0 Å². The van der Waals surface area contributed by atoms with Crippen LogP contribution in [-0.4, -0.2) is 27.6 Å². The standard InChI is InChI=1S/C14H12N4O2/c1-20-11-5-2-4-10(8-11)16-14(19)12-9-13-15-6-3-7-18(13)17-12/h2-9H,1H3,(H,16,19). The van der Waals surface area contributed by atoms with Crippen LogP contribution in [0.25, 0.3) is 5.65 Å². The van der Waals surface area contributed by atoms with E-state index in [4.69, 9.17) is 4.74 Å². The minimum atomic E-state index is -0.288. The summed E-state index contributed by atoms with van der Waals surface area (Å²) < 4.78 is 6.67. The number of hydrogen-bond donors (Lipinski definition) is 1. The van der Waals surface area contributed by atoms with Crippen molar-refractivity contribution in [2.75, 3.05) is 12.4 Å². The quantitative estimate of drug-likeness (QED) is 0.788. The Morgan fingerprint density at radius 3 is 3.00 bits per heavy atom. The first kappa shape index (κ1) is 12.2. The lowest BCUT2D eigenvalue weighted by Gasteiger charge is -2.05. The van der Waals surface area contributed by atoms with E-state index >= 15 is 0 Å². The molecule has 6 heteroatoms. The summed E-state index contributed by atoms with van der Waals surface area (Å²) >= 11 is 0. The zero-order valence-electron chi connectivity index (χ0n) is 10.8. The molecule has 2 heterocycles. The predicted octanol–water partition coefficient (Wildman–Crippen LogP) is 1.99. The monoisotopic (exact) mass is 268 g/mol. The van der Waals surface area contributed by atoms with Crippen LogP contribution in [0.2, 0.25) is 0 Å². The second-order valence-corrected chi connectivity index (χ2v) is 4.14. The number of fused-ring (bicyclic) bond motifs is 1. The summed E-state index contributed by atoms with van der Waals surface area (Å²) in [5.41, 5.74) is 1.59. The van der Waals surface area contributed by atoms with Crippen molar-refractivity contribution in [3.05, 3.63) is 54.5 Å². The molecule has 3 rings (SSSR count). The van der Waals surface area contributed by atoms with E-state index in [9.17, 15) is 4.79 Å². The van der Waals surface area contributed by atoms with E-state index in [1.807, 2.05) is 6.07 Å². The molecule has 0 spiro atoms. The summed E-state index contributed by atoms with van der Waals surface area (Å²) in [4.78, 5) is 16.2. The van der Waals surface area contributed by atoms with Crippen LogP contribution >= 0.6 is 0 Å². The Labute approximate surface area is 115 Å². The SMILES string of the molecule is COc1cccc(NC(=O)c2cc3ncccn3n2)c1. The fraction of sp³-hybridized carbons (Fsp3) is 0.0714. The van der Waals surface area contributed by atoms with Crippen LogP contribution in [0.4, 0.5) is 5.69 Å². The molecule has 1 amide bonds. The molecule has 2 aromatic heterocycles. The van der Waals surface area contributed by atoms with Crippen LogP contribution in [0.15, 0.2) is 48.8 Å². The molecular weight excluding hydrogens is 256 g/mol. The molecular formula is C14H12N4O2. The van der Waals surface area contributed by atoms with E-state index in [0.29, 0.717) is 22.8 Å². The molecule has 0 saturated heterocycles. The summed E-state index contributed by atoms with van der Waals surface area (Å²) in [5.74, 6) is 0.392. The number of nitrogens with zero attached hydrogens (tertiary/aromatic N) is 3. The number of nitrogens with one attached hydrogen (secondary N) is 1. The van der Waals surface area contributed by atoms with Gasteiger partial charge in [-0.05, 0) is 18.2 Å². The number of hydrogen-bond acceptors (Lipinski definition) is 4. The Balaban J connectivity index is 1.85. The van der Waals surface area contributed by atoms with Gasteiger partial charge in [0.25, 0.3) is 5.91 Å². The van der Waals surface area contributed by atoms with Crippen LogP contribution in [0, 0.1) is 0 Å². The number of anilines is 1.